The highest BCUT2D eigenvalue weighted by atomic mass is 16.4. The van der Waals surface area contributed by atoms with Gasteiger partial charge in [-0.15, -0.1) is 0 Å². The molecule has 1 aliphatic rings. The molecular formula is C13H24N2O3. The molecule has 18 heavy (non-hydrogen) atoms. The molecule has 1 heterocycles. The van der Waals surface area contributed by atoms with Crippen LogP contribution in [0.4, 0.5) is 0 Å². The lowest BCUT2D eigenvalue weighted by atomic mass is 9.83. The molecule has 1 amide bonds. The predicted octanol–water partition coefficient (Wildman–Crippen LogP) is 1.07. The van der Waals surface area contributed by atoms with E-state index in [0.29, 0.717) is 32.4 Å². The van der Waals surface area contributed by atoms with Gasteiger partial charge in [0.05, 0.1) is 11.3 Å². The van der Waals surface area contributed by atoms with E-state index in [-0.39, 0.29) is 17.9 Å². The number of carbonyl (C=O) groups is 2. The minimum Gasteiger partial charge on any atom is -0.481 e. The molecule has 0 spiro atoms. The van der Waals surface area contributed by atoms with Crippen molar-refractivity contribution in [1.29, 1.82) is 0 Å². The number of hydrogen-bond acceptors (Lipinski definition) is 3. The molecule has 3 unspecified atom stereocenters. The van der Waals surface area contributed by atoms with Gasteiger partial charge < -0.3 is 15.7 Å². The van der Waals surface area contributed by atoms with Gasteiger partial charge in [0, 0.05) is 19.1 Å². The van der Waals surface area contributed by atoms with E-state index in [9.17, 15) is 9.59 Å². The SMILES string of the molecule is CCC(C)(CN)C(=O)N1CCC(C(=O)O)CC1C. The smallest absolute Gasteiger partial charge is 0.306 e. The van der Waals surface area contributed by atoms with Gasteiger partial charge in [0.2, 0.25) is 5.91 Å². The highest BCUT2D eigenvalue weighted by Gasteiger charge is 2.39. The van der Waals surface area contributed by atoms with E-state index < -0.39 is 11.4 Å². The number of aliphatic carboxylic acids is 1. The number of piperidine rings is 1. The van der Waals surface area contributed by atoms with E-state index in [2.05, 4.69) is 0 Å². The second-order valence-electron chi connectivity index (χ2n) is 5.53. The number of amides is 1. The first-order valence-corrected chi connectivity index (χ1v) is 6.59. The van der Waals surface area contributed by atoms with Crippen molar-refractivity contribution >= 4 is 11.9 Å². The third-order valence-corrected chi connectivity index (χ3v) is 4.23. The van der Waals surface area contributed by atoms with Gasteiger partial charge in [-0.3, -0.25) is 9.59 Å². The van der Waals surface area contributed by atoms with Crippen LogP contribution in [0, 0.1) is 11.3 Å². The van der Waals surface area contributed by atoms with Crippen LogP contribution in [0.3, 0.4) is 0 Å². The summed E-state index contributed by atoms with van der Waals surface area (Å²) in [5.41, 5.74) is 5.18. The first-order chi connectivity index (χ1) is 8.35. The molecule has 3 N–H and O–H groups in total. The lowest BCUT2D eigenvalue weighted by Gasteiger charge is -2.41. The van der Waals surface area contributed by atoms with Gasteiger partial charge in [-0.05, 0) is 33.1 Å². The second kappa shape index (κ2) is 5.69. The van der Waals surface area contributed by atoms with Crippen molar-refractivity contribution < 1.29 is 14.7 Å². The Morgan fingerprint density at radius 1 is 1.50 bits per heavy atom. The zero-order valence-corrected chi connectivity index (χ0v) is 11.5. The van der Waals surface area contributed by atoms with Crippen LogP contribution < -0.4 is 5.73 Å². The second-order valence-corrected chi connectivity index (χ2v) is 5.53. The Morgan fingerprint density at radius 3 is 2.50 bits per heavy atom. The minimum atomic E-state index is -0.758. The quantitative estimate of drug-likeness (QED) is 0.788. The summed E-state index contributed by atoms with van der Waals surface area (Å²) in [4.78, 5) is 25.2. The molecule has 0 saturated carbocycles. The number of nitrogens with two attached hydrogens (primary N) is 1. The van der Waals surface area contributed by atoms with E-state index >= 15 is 0 Å². The van der Waals surface area contributed by atoms with Gasteiger partial charge in [-0.25, -0.2) is 0 Å². The number of carboxylic acids is 1. The van der Waals surface area contributed by atoms with Crippen molar-refractivity contribution in [3.05, 3.63) is 0 Å². The van der Waals surface area contributed by atoms with Crippen LogP contribution in [0.25, 0.3) is 0 Å². The van der Waals surface area contributed by atoms with Crippen LogP contribution in [0.5, 0.6) is 0 Å². The first kappa shape index (κ1) is 15.0. The Labute approximate surface area is 108 Å². The van der Waals surface area contributed by atoms with E-state index in [1.807, 2.05) is 20.8 Å². The summed E-state index contributed by atoms with van der Waals surface area (Å²) in [5, 5.41) is 9.01. The summed E-state index contributed by atoms with van der Waals surface area (Å²) in [6.07, 6.45) is 1.77. The molecule has 104 valence electrons. The summed E-state index contributed by atoms with van der Waals surface area (Å²) in [6, 6.07) is -0.0234. The van der Waals surface area contributed by atoms with Crippen LogP contribution in [-0.4, -0.2) is 41.0 Å². The maximum Gasteiger partial charge on any atom is 0.306 e. The Kier molecular flexibility index (Phi) is 4.73. The molecule has 5 heteroatoms. The van der Waals surface area contributed by atoms with Crippen molar-refractivity contribution in [2.75, 3.05) is 13.1 Å². The molecule has 0 bridgehead atoms. The van der Waals surface area contributed by atoms with Crippen molar-refractivity contribution in [2.45, 2.75) is 46.1 Å². The summed E-state index contributed by atoms with van der Waals surface area (Å²) < 4.78 is 0. The normalized spacial score (nSPS) is 27.7. The monoisotopic (exact) mass is 256 g/mol. The first-order valence-electron chi connectivity index (χ1n) is 6.59. The van der Waals surface area contributed by atoms with E-state index in [1.54, 1.807) is 4.90 Å². The van der Waals surface area contributed by atoms with Crippen LogP contribution >= 0.6 is 0 Å². The number of likely N-dealkylation sites (tertiary alicyclic amines) is 1. The van der Waals surface area contributed by atoms with Gasteiger partial charge >= 0.3 is 5.97 Å². The fourth-order valence-electron chi connectivity index (χ4n) is 2.43. The number of carboxylic acid groups (broad SMARTS) is 1. The van der Waals surface area contributed by atoms with Gasteiger partial charge in [0.25, 0.3) is 0 Å². The molecule has 1 aliphatic heterocycles. The van der Waals surface area contributed by atoms with E-state index in [1.165, 1.54) is 0 Å². The van der Waals surface area contributed by atoms with Gasteiger partial charge in [0.1, 0.15) is 0 Å². The van der Waals surface area contributed by atoms with Gasteiger partial charge in [-0.1, -0.05) is 6.92 Å². The molecule has 0 aromatic rings. The van der Waals surface area contributed by atoms with Crippen molar-refractivity contribution in [3.63, 3.8) is 0 Å². The van der Waals surface area contributed by atoms with E-state index in [4.69, 9.17) is 10.8 Å². The lowest BCUT2D eigenvalue weighted by Crippen LogP contribution is -2.53. The minimum absolute atomic E-state index is 0.0234. The highest BCUT2D eigenvalue weighted by Crippen LogP contribution is 2.29. The summed E-state index contributed by atoms with van der Waals surface area (Å²) in [7, 11) is 0. The molecule has 0 radical (unpaired) electrons. The Hall–Kier alpha value is -1.10. The fourth-order valence-corrected chi connectivity index (χ4v) is 2.43. The molecule has 0 aromatic heterocycles. The molecule has 1 saturated heterocycles. The third-order valence-electron chi connectivity index (χ3n) is 4.23. The summed E-state index contributed by atoms with van der Waals surface area (Å²) in [6.45, 7) is 6.60. The van der Waals surface area contributed by atoms with Crippen LogP contribution in [0.1, 0.15) is 40.0 Å². The van der Waals surface area contributed by atoms with E-state index in [0.717, 1.165) is 0 Å². The molecule has 0 aromatic carbocycles. The van der Waals surface area contributed by atoms with Crippen LogP contribution in [0.15, 0.2) is 0 Å². The van der Waals surface area contributed by atoms with Crippen molar-refractivity contribution in [2.24, 2.45) is 17.1 Å². The van der Waals surface area contributed by atoms with Crippen molar-refractivity contribution in [1.82, 2.24) is 4.90 Å². The maximum absolute atomic E-state index is 12.5. The highest BCUT2D eigenvalue weighted by molar-refractivity contribution is 5.83. The third kappa shape index (κ3) is 2.83. The van der Waals surface area contributed by atoms with Crippen molar-refractivity contribution in [3.8, 4) is 0 Å². The fraction of sp³-hybridized carbons (Fsp3) is 0.846. The number of carbonyl (C=O) groups excluding carboxylic acids is 1. The average molecular weight is 256 g/mol. The Bertz CT molecular complexity index is 326. The standard InChI is InChI=1S/C13H24N2O3/c1-4-13(3,8-14)12(18)15-6-5-10(11(16)17)7-9(15)2/h9-10H,4-8,14H2,1-3H3,(H,16,17). The number of nitrogens with zero attached hydrogens (tertiary/aromatic N) is 1. The predicted molar refractivity (Wildman–Crippen MR) is 69.0 cm³/mol. The molecule has 1 fully saturated rings. The van der Waals surface area contributed by atoms with Crippen LogP contribution in [-0.2, 0) is 9.59 Å². The maximum atomic E-state index is 12.5. The Balaban J connectivity index is 2.75. The lowest BCUT2D eigenvalue weighted by molar-refractivity contribution is -0.151. The molecule has 5 nitrogen and oxygen atoms in total. The molecule has 3 atom stereocenters. The summed E-state index contributed by atoms with van der Waals surface area (Å²) in [5.74, 6) is -1.02. The zero-order chi connectivity index (χ0) is 13.9. The largest absolute Gasteiger partial charge is 0.481 e. The molecule has 0 aliphatic carbocycles. The average Bonchev–Trinajstić information content (AvgIpc) is 2.36. The van der Waals surface area contributed by atoms with Gasteiger partial charge in [-0.2, -0.15) is 0 Å². The molecule has 1 rings (SSSR count). The molecular weight excluding hydrogens is 232 g/mol. The van der Waals surface area contributed by atoms with Gasteiger partial charge in [0.15, 0.2) is 0 Å². The Morgan fingerprint density at radius 2 is 2.11 bits per heavy atom. The zero-order valence-electron chi connectivity index (χ0n) is 11.5. The van der Waals surface area contributed by atoms with Crippen LogP contribution in [0.2, 0.25) is 0 Å². The number of hydrogen-bond donors (Lipinski definition) is 2. The topological polar surface area (TPSA) is 83.6 Å². The number of rotatable bonds is 4. The summed E-state index contributed by atoms with van der Waals surface area (Å²) >= 11 is 0.